The van der Waals surface area contributed by atoms with Crippen LogP contribution in [0.4, 0.5) is 0 Å². The Hall–Kier alpha value is -4.24. The molecule has 0 radical (unpaired) electrons. The summed E-state index contributed by atoms with van der Waals surface area (Å²) in [6.07, 6.45) is 18.9. The van der Waals surface area contributed by atoms with Crippen molar-refractivity contribution in [1.82, 2.24) is 20.6 Å². The van der Waals surface area contributed by atoms with Gasteiger partial charge in [-0.1, -0.05) is 79.2 Å². The fraction of sp³-hybridized carbons (Fsp3) is 0.608. The van der Waals surface area contributed by atoms with Gasteiger partial charge in [0, 0.05) is 63.0 Å². The lowest BCUT2D eigenvalue weighted by Crippen LogP contribution is -2.37. The molecule has 328 valence electrons. The average Bonchev–Trinajstić information content (AvgIpc) is 3.97. The van der Waals surface area contributed by atoms with Crippen molar-refractivity contribution in [3.63, 3.8) is 0 Å². The minimum Gasteiger partial charge on any atom is -0.468 e. The van der Waals surface area contributed by atoms with E-state index in [0.717, 1.165) is 87.7 Å². The molecule has 3 aliphatic heterocycles. The second kappa shape index (κ2) is 19.6. The molecule has 5 heterocycles. The number of fused-ring (bicyclic) bond motifs is 8. The zero-order valence-corrected chi connectivity index (χ0v) is 38.5. The molecule has 9 nitrogen and oxygen atoms in total. The quantitative estimate of drug-likeness (QED) is 0.0796. The molecule has 5 N–H and O–H groups in total. The highest BCUT2D eigenvalue weighted by Crippen LogP contribution is 2.45. The summed E-state index contributed by atoms with van der Waals surface area (Å²) < 4.78 is 11.2. The highest BCUT2D eigenvalue weighted by atomic mass is 16.5. The van der Waals surface area contributed by atoms with Crippen LogP contribution in [0, 0.1) is 49.4 Å². The van der Waals surface area contributed by atoms with Gasteiger partial charge in [-0.2, -0.15) is 0 Å². The normalized spacial score (nSPS) is 26.7. The van der Waals surface area contributed by atoms with Crippen molar-refractivity contribution in [2.75, 3.05) is 13.7 Å². The van der Waals surface area contributed by atoms with E-state index in [1.54, 1.807) is 0 Å². The van der Waals surface area contributed by atoms with Gasteiger partial charge in [-0.05, 0) is 130 Å². The molecule has 9 heteroatoms. The molecule has 1 unspecified atom stereocenters. The summed E-state index contributed by atoms with van der Waals surface area (Å²) in [4.78, 5) is 34.5. The molecular weight excluding hydrogens is 749 g/mol. The largest absolute Gasteiger partial charge is 0.468 e. The second-order valence-electron chi connectivity index (χ2n) is 18.6. The summed E-state index contributed by atoms with van der Waals surface area (Å²) in [7, 11) is 1.38. The SMILES string of the molecule is CCc1c2[nH]c(c1C)/C=C1\NC(=C(C)[C@H]1CC)/C=C1\NC(C3=c4[nH]/c(c(C)c4[C@@H](O)[C@@H]3C(=O)OC)=C\2)[C@@H](CCC(=O)OC/C=C(\C)CCC[C@@H](C)CCC[C@H](C)CC)[C@@H]1C. The first-order valence-corrected chi connectivity index (χ1v) is 23.1. The molecule has 60 heavy (non-hydrogen) atoms. The number of allylic oxidation sites excluding steroid dienone is 4. The zero-order chi connectivity index (χ0) is 43.4. The Kier molecular flexibility index (Phi) is 14.8. The molecule has 0 amide bonds. The maximum absolute atomic E-state index is 13.7. The van der Waals surface area contributed by atoms with Crippen LogP contribution in [-0.4, -0.2) is 46.8 Å². The van der Waals surface area contributed by atoms with Crippen LogP contribution in [-0.2, 0) is 25.5 Å². The van der Waals surface area contributed by atoms with E-state index in [1.807, 2.05) is 6.92 Å². The monoisotopic (exact) mass is 823 g/mol. The van der Waals surface area contributed by atoms with Gasteiger partial charge < -0.3 is 35.2 Å². The van der Waals surface area contributed by atoms with Crippen LogP contribution < -0.4 is 21.3 Å². The first-order chi connectivity index (χ1) is 28.7. The van der Waals surface area contributed by atoms with E-state index in [-0.39, 0.29) is 42.8 Å². The molecule has 1 fully saturated rings. The minimum absolute atomic E-state index is 0.0160. The molecule has 2 aromatic heterocycles. The number of H-pyrrole nitrogens is 2. The number of carbonyl (C=O) groups is 2. The number of aliphatic hydroxyl groups is 1. The fourth-order valence-corrected chi connectivity index (χ4v) is 10.5. The van der Waals surface area contributed by atoms with Crippen molar-refractivity contribution in [2.24, 2.45) is 35.5 Å². The Bertz CT molecular complexity index is 2160. The predicted molar refractivity (Wildman–Crippen MR) is 243 cm³/mol. The molecule has 1 aliphatic carbocycles. The molecule has 8 bridgehead atoms. The van der Waals surface area contributed by atoms with Crippen molar-refractivity contribution in [3.05, 3.63) is 84.7 Å². The molecule has 0 saturated carbocycles. The molecule has 4 aliphatic rings. The van der Waals surface area contributed by atoms with Gasteiger partial charge in [-0.25, -0.2) is 0 Å². The number of hydrogen-bond acceptors (Lipinski definition) is 7. The van der Waals surface area contributed by atoms with Gasteiger partial charge in [0.25, 0.3) is 0 Å². The number of methoxy groups -OCH3 is 1. The lowest BCUT2D eigenvalue weighted by Gasteiger charge is -2.27. The van der Waals surface area contributed by atoms with E-state index < -0.39 is 18.0 Å². The summed E-state index contributed by atoms with van der Waals surface area (Å²) in [5.41, 5.74) is 12.8. The summed E-state index contributed by atoms with van der Waals surface area (Å²) in [6.45, 7) is 22.4. The number of rotatable bonds is 17. The van der Waals surface area contributed by atoms with Gasteiger partial charge in [0.1, 0.15) is 12.5 Å². The summed E-state index contributed by atoms with van der Waals surface area (Å²) in [5, 5.41) is 21.3. The molecule has 0 spiro atoms. The van der Waals surface area contributed by atoms with Crippen LogP contribution in [0.25, 0.3) is 17.7 Å². The van der Waals surface area contributed by atoms with Gasteiger partial charge in [0.05, 0.1) is 19.3 Å². The van der Waals surface area contributed by atoms with Gasteiger partial charge in [0.15, 0.2) is 0 Å². The third-order valence-electron chi connectivity index (χ3n) is 14.7. The molecule has 8 atom stereocenters. The summed E-state index contributed by atoms with van der Waals surface area (Å²) >= 11 is 0. The number of ether oxygens (including phenoxy) is 2. The van der Waals surface area contributed by atoms with E-state index in [4.69, 9.17) is 9.47 Å². The van der Waals surface area contributed by atoms with E-state index in [2.05, 4.69) is 107 Å². The topological polar surface area (TPSA) is 128 Å². The Labute approximate surface area is 359 Å². The lowest BCUT2D eigenvalue weighted by atomic mass is 9.80. The number of nitrogens with one attached hydrogen (secondary N) is 4. The van der Waals surface area contributed by atoms with Crippen molar-refractivity contribution >= 4 is 29.7 Å². The second-order valence-corrected chi connectivity index (χ2v) is 18.6. The van der Waals surface area contributed by atoms with Crippen LogP contribution in [0.2, 0.25) is 0 Å². The molecule has 0 aromatic carbocycles. The third kappa shape index (κ3) is 9.31. The highest BCUT2D eigenvalue weighted by Gasteiger charge is 2.49. The first kappa shape index (κ1) is 45.3. The van der Waals surface area contributed by atoms with Crippen LogP contribution >= 0.6 is 0 Å². The van der Waals surface area contributed by atoms with Crippen LogP contribution in [0.1, 0.15) is 159 Å². The Morgan fingerprint density at radius 3 is 2.35 bits per heavy atom. The van der Waals surface area contributed by atoms with Crippen LogP contribution in [0.3, 0.4) is 0 Å². The van der Waals surface area contributed by atoms with Crippen molar-refractivity contribution in [2.45, 2.75) is 152 Å². The average molecular weight is 823 g/mol. The molecule has 2 aromatic rings. The highest BCUT2D eigenvalue weighted by molar-refractivity contribution is 5.88. The smallest absolute Gasteiger partial charge is 0.315 e. The number of aromatic amines is 2. The number of esters is 2. The number of aromatic nitrogens is 2. The van der Waals surface area contributed by atoms with Gasteiger partial charge in [-0.15, -0.1) is 0 Å². The summed E-state index contributed by atoms with van der Waals surface area (Å²) in [5.74, 6) is 0.157. The van der Waals surface area contributed by atoms with Crippen molar-refractivity contribution in [1.29, 1.82) is 0 Å². The summed E-state index contributed by atoms with van der Waals surface area (Å²) in [6, 6.07) is -0.345. The molecular formula is C51H74N4O5. The van der Waals surface area contributed by atoms with Crippen LogP contribution in [0.5, 0.6) is 0 Å². The van der Waals surface area contributed by atoms with E-state index in [1.165, 1.54) is 67.2 Å². The zero-order valence-electron chi connectivity index (χ0n) is 38.5. The van der Waals surface area contributed by atoms with Gasteiger partial charge >= 0.3 is 11.9 Å². The Balaban J connectivity index is 1.28. The van der Waals surface area contributed by atoms with E-state index in [9.17, 15) is 14.7 Å². The maximum atomic E-state index is 13.7. The minimum atomic E-state index is -1.08. The first-order valence-electron chi connectivity index (χ1n) is 23.1. The standard InChI is InChI=1S/C51H74N4O5/c1-12-28(4)17-15-18-29(5)19-16-20-30(6)23-24-60-44(56)22-21-37-33(9)40-25-38-31(7)35(13-2)42(52-38)26-39-32(8)36(14-3)43(53-39)27-41-34(10)45-49(55-41)46(48(37)54-40)47(50(45)57)51(58)59-11/h23,25-29,33,35,37,47-48,50,52-55,57H,12-22,24H2,1-11H3/b30-23+,40-25-,41-27-,42-26-/t28-,29+,33+,35-,37+,47-,48?,50-/m1/s1. The van der Waals surface area contributed by atoms with Crippen LogP contribution in [0.15, 0.2) is 40.4 Å². The Morgan fingerprint density at radius 2 is 1.65 bits per heavy atom. The van der Waals surface area contributed by atoms with E-state index >= 15 is 0 Å². The van der Waals surface area contributed by atoms with Crippen molar-refractivity contribution < 1.29 is 24.2 Å². The maximum Gasteiger partial charge on any atom is 0.315 e. The molecule has 1 saturated heterocycles. The lowest BCUT2D eigenvalue weighted by molar-refractivity contribution is -0.147. The fourth-order valence-electron chi connectivity index (χ4n) is 10.5. The van der Waals surface area contributed by atoms with E-state index in [0.29, 0.717) is 6.42 Å². The van der Waals surface area contributed by atoms with Gasteiger partial charge in [0.2, 0.25) is 0 Å². The number of aliphatic hydroxyl groups excluding tert-OH is 1. The third-order valence-corrected chi connectivity index (χ3v) is 14.7. The number of carbonyl (C=O) groups excluding carboxylic acids is 2. The van der Waals surface area contributed by atoms with Crippen molar-refractivity contribution in [3.8, 4) is 0 Å². The predicted octanol–water partition coefficient (Wildman–Crippen LogP) is 9.00. The van der Waals surface area contributed by atoms with Gasteiger partial charge in [-0.3, -0.25) is 9.59 Å². The molecule has 6 rings (SSSR count). The Morgan fingerprint density at radius 1 is 0.917 bits per heavy atom. The number of hydrogen-bond donors (Lipinski definition) is 5.